The molecule has 1 rings (SSSR count). The van der Waals surface area contributed by atoms with E-state index < -0.39 is 20.4 Å². The molecule has 0 atom stereocenters. The van der Waals surface area contributed by atoms with Crippen molar-refractivity contribution in [3.05, 3.63) is 23.8 Å². The van der Waals surface area contributed by atoms with Gasteiger partial charge in [0.25, 0.3) is 0 Å². The van der Waals surface area contributed by atoms with Gasteiger partial charge in [0, 0.05) is 17.8 Å². The molecule has 20 heavy (non-hydrogen) atoms. The van der Waals surface area contributed by atoms with Crippen LogP contribution in [0.3, 0.4) is 0 Å². The average molecular weight is 300 g/mol. The lowest BCUT2D eigenvalue weighted by Gasteiger charge is -2.36. The Balaban J connectivity index is 2.90. The highest BCUT2D eigenvalue weighted by atomic mass is 28.4. The zero-order valence-electron chi connectivity index (χ0n) is 12.5. The molecule has 0 aliphatic rings. The summed E-state index contributed by atoms with van der Waals surface area (Å²) in [5.41, 5.74) is 5.45. The summed E-state index contributed by atoms with van der Waals surface area (Å²) in [6, 6.07) is 1.02. The van der Waals surface area contributed by atoms with Crippen LogP contribution in [0.4, 0.5) is 9.18 Å². The van der Waals surface area contributed by atoms with E-state index in [1.54, 1.807) is 0 Å². The molecule has 112 valence electrons. The zero-order chi connectivity index (χ0) is 15.6. The summed E-state index contributed by atoms with van der Waals surface area (Å²) in [5, 5.41) is 0.0468. The monoisotopic (exact) mass is 300 g/mol. The predicted octanol–water partition coefficient (Wildman–Crippen LogP) is 3.20. The van der Waals surface area contributed by atoms with Gasteiger partial charge in [-0.05, 0) is 18.1 Å². The maximum atomic E-state index is 13.1. The average Bonchev–Trinajstić information content (AvgIpc) is 2.25. The molecule has 1 amide bonds. The van der Waals surface area contributed by atoms with Gasteiger partial charge in [0.1, 0.15) is 5.75 Å². The molecule has 5 nitrogen and oxygen atoms in total. The van der Waals surface area contributed by atoms with Crippen LogP contribution < -0.4 is 10.5 Å². The minimum Gasteiger partial charge on any atom is -0.412 e. The summed E-state index contributed by atoms with van der Waals surface area (Å²) in [7, 11) is -1.96. The van der Waals surface area contributed by atoms with Crippen LogP contribution in [0.25, 0.3) is 0 Å². The number of pyridine rings is 1. The number of hydrogen-bond acceptors (Lipinski definition) is 4. The van der Waals surface area contributed by atoms with Gasteiger partial charge in [0.2, 0.25) is 5.95 Å². The Kier molecular flexibility index (Phi) is 4.88. The molecule has 0 unspecified atom stereocenters. The summed E-state index contributed by atoms with van der Waals surface area (Å²) in [6.07, 6.45) is 0.296. The van der Waals surface area contributed by atoms with Gasteiger partial charge in [-0.2, -0.15) is 4.39 Å². The third-order valence-electron chi connectivity index (χ3n) is 3.52. The van der Waals surface area contributed by atoms with Crippen molar-refractivity contribution in [2.45, 2.75) is 45.5 Å². The maximum absolute atomic E-state index is 13.1. The molecular weight excluding hydrogens is 279 g/mol. The van der Waals surface area contributed by atoms with E-state index >= 15 is 0 Å². The highest BCUT2D eigenvalue weighted by Crippen LogP contribution is 2.37. The van der Waals surface area contributed by atoms with Gasteiger partial charge >= 0.3 is 6.09 Å². The number of halogens is 1. The molecule has 1 heterocycles. The minimum absolute atomic E-state index is 0.0451. The van der Waals surface area contributed by atoms with Gasteiger partial charge < -0.3 is 14.9 Å². The zero-order valence-corrected chi connectivity index (χ0v) is 13.5. The molecule has 0 saturated carbocycles. The van der Waals surface area contributed by atoms with Crippen LogP contribution in [-0.4, -0.2) is 19.4 Å². The fraction of sp³-hybridized carbons (Fsp3) is 0.538. The van der Waals surface area contributed by atoms with Gasteiger partial charge in [-0.25, -0.2) is 9.78 Å². The molecule has 0 radical (unpaired) electrons. The molecule has 0 spiro atoms. The summed E-state index contributed by atoms with van der Waals surface area (Å²) < 4.78 is 23.8. The Labute approximate surface area is 119 Å². The van der Waals surface area contributed by atoms with Gasteiger partial charge in [-0.1, -0.05) is 20.8 Å². The highest BCUT2D eigenvalue weighted by molar-refractivity contribution is 6.74. The number of aromatic nitrogens is 1. The maximum Gasteiger partial charge on any atom is 0.409 e. The Morgan fingerprint density at radius 2 is 2.05 bits per heavy atom. The molecule has 7 heteroatoms. The Morgan fingerprint density at radius 3 is 2.55 bits per heavy atom. The number of nitrogens with two attached hydrogens (primary N) is 1. The molecule has 1 aromatic rings. The Morgan fingerprint density at radius 1 is 1.45 bits per heavy atom. The van der Waals surface area contributed by atoms with Crippen molar-refractivity contribution in [1.29, 1.82) is 0 Å². The first-order valence-corrected chi connectivity index (χ1v) is 9.19. The molecule has 1 aromatic heterocycles. The third-order valence-corrected chi connectivity index (χ3v) is 7.99. The summed E-state index contributed by atoms with van der Waals surface area (Å²) in [6.45, 7) is 10.7. The number of nitrogens with zero attached hydrogens (tertiary/aromatic N) is 1. The smallest absolute Gasteiger partial charge is 0.409 e. The largest absolute Gasteiger partial charge is 0.412 e. The van der Waals surface area contributed by atoms with Crippen LogP contribution in [0.5, 0.6) is 5.75 Å². The van der Waals surface area contributed by atoms with Crippen LogP contribution in [0.15, 0.2) is 12.3 Å². The van der Waals surface area contributed by atoms with E-state index in [1.807, 2.05) is 0 Å². The van der Waals surface area contributed by atoms with Gasteiger partial charge in [-0.3, -0.25) is 0 Å². The van der Waals surface area contributed by atoms with E-state index in [-0.39, 0.29) is 17.4 Å². The standard InChI is InChI=1S/C13H21FN2O3Si/c1-13(2,3)20(4,5)18-8-9-7-16-11(14)6-10(9)19-12(15)17/h6-7H,8H2,1-5H3,(H2,15,17). The van der Waals surface area contributed by atoms with Gasteiger partial charge in [0.15, 0.2) is 8.32 Å². The van der Waals surface area contributed by atoms with Crippen molar-refractivity contribution in [3.8, 4) is 5.75 Å². The lowest BCUT2D eigenvalue weighted by molar-refractivity contribution is 0.208. The Hall–Kier alpha value is -1.47. The second kappa shape index (κ2) is 5.88. The number of carbonyl (C=O) groups excluding carboxylic acids is 1. The highest BCUT2D eigenvalue weighted by Gasteiger charge is 2.37. The minimum atomic E-state index is -1.96. The number of carbonyl (C=O) groups is 1. The van der Waals surface area contributed by atoms with E-state index in [1.165, 1.54) is 6.20 Å². The third kappa shape index (κ3) is 4.28. The molecule has 0 bridgehead atoms. The molecule has 0 aromatic carbocycles. The molecule has 0 aliphatic carbocycles. The number of primary amides is 1. The predicted molar refractivity (Wildman–Crippen MR) is 76.4 cm³/mol. The first-order chi connectivity index (χ1) is 9.03. The number of ether oxygens (including phenoxy) is 1. The fourth-order valence-electron chi connectivity index (χ4n) is 1.23. The van der Waals surface area contributed by atoms with Crippen molar-refractivity contribution < 1.29 is 18.3 Å². The van der Waals surface area contributed by atoms with Gasteiger partial charge in [0.05, 0.1) is 6.61 Å². The molecular formula is C13H21FN2O3Si. The van der Waals surface area contributed by atoms with E-state index in [2.05, 4.69) is 38.8 Å². The number of hydrogen-bond donors (Lipinski definition) is 1. The van der Waals surface area contributed by atoms with E-state index in [9.17, 15) is 9.18 Å². The molecule has 2 N–H and O–H groups in total. The van der Waals surface area contributed by atoms with Gasteiger partial charge in [-0.15, -0.1) is 0 Å². The topological polar surface area (TPSA) is 74.4 Å². The van der Waals surface area contributed by atoms with E-state index in [0.717, 1.165) is 6.07 Å². The fourth-order valence-corrected chi connectivity index (χ4v) is 2.18. The first-order valence-electron chi connectivity index (χ1n) is 6.28. The first kappa shape index (κ1) is 16.6. The van der Waals surface area contributed by atoms with Crippen molar-refractivity contribution in [2.24, 2.45) is 5.73 Å². The number of rotatable bonds is 4. The van der Waals surface area contributed by atoms with Crippen LogP contribution in [0.1, 0.15) is 26.3 Å². The summed E-state index contributed by atoms with van der Waals surface area (Å²) in [4.78, 5) is 14.4. The molecule has 0 saturated heterocycles. The normalized spacial score (nSPS) is 12.3. The SMILES string of the molecule is CC(C)(C)[Si](C)(C)OCc1cnc(F)cc1OC(N)=O. The Bertz CT molecular complexity index is 501. The van der Waals surface area contributed by atoms with Crippen molar-refractivity contribution in [3.63, 3.8) is 0 Å². The van der Waals surface area contributed by atoms with Crippen LogP contribution in [-0.2, 0) is 11.0 Å². The van der Waals surface area contributed by atoms with E-state index in [0.29, 0.717) is 5.56 Å². The second-order valence-electron chi connectivity index (χ2n) is 6.08. The van der Waals surface area contributed by atoms with Crippen LogP contribution in [0.2, 0.25) is 18.1 Å². The molecule has 0 aliphatic heterocycles. The second-order valence-corrected chi connectivity index (χ2v) is 10.9. The molecule has 0 fully saturated rings. The lowest BCUT2D eigenvalue weighted by Crippen LogP contribution is -2.40. The van der Waals surface area contributed by atoms with Crippen molar-refractivity contribution in [2.75, 3.05) is 0 Å². The summed E-state index contributed by atoms with van der Waals surface area (Å²) in [5.74, 6) is -0.693. The van der Waals surface area contributed by atoms with E-state index in [4.69, 9.17) is 14.9 Å². The number of amides is 1. The quantitative estimate of drug-likeness (QED) is 0.684. The summed E-state index contributed by atoms with van der Waals surface area (Å²) >= 11 is 0. The van der Waals surface area contributed by atoms with Crippen molar-refractivity contribution >= 4 is 14.4 Å². The lowest BCUT2D eigenvalue weighted by atomic mass is 10.2. The van der Waals surface area contributed by atoms with Crippen LogP contribution >= 0.6 is 0 Å². The van der Waals surface area contributed by atoms with Crippen LogP contribution in [0, 0.1) is 5.95 Å². The van der Waals surface area contributed by atoms with Crippen molar-refractivity contribution in [1.82, 2.24) is 4.98 Å².